The van der Waals surface area contributed by atoms with Gasteiger partial charge in [0.1, 0.15) is 22.1 Å². The van der Waals surface area contributed by atoms with Crippen LogP contribution in [-0.4, -0.2) is 18.9 Å². The van der Waals surface area contributed by atoms with Crippen LogP contribution in [0.3, 0.4) is 0 Å². The summed E-state index contributed by atoms with van der Waals surface area (Å²) in [5.74, 6) is -0.418. The Balaban J connectivity index is 2.09. The van der Waals surface area contributed by atoms with Crippen molar-refractivity contribution < 1.29 is 4.39 Å². The molecule has 1 aromatic carbocycles. The summed E-state index contributed by atoms with van der Waals surface area (Å²) in [6.07, 6.45) is 2.83. The van der Waals surface area contributed by atoms with Gasteiger partial charge in [0.25, 0.3) is 5.56 Å². The van der Waals surface area contributed by atoms with Crippen LogP contribution in [-0.2, 0) is 0 Å². The quantitative estimate of drug-likeness (QED) is 0.423. The summed E-state index contributed by atoms with van der Waals surface area (Å²) in [7, 11) is 0. The van der Waals surface area contributed by atoms with E-state index in [1.165, 1.54) is 23.0 Å². The lowest BCUT2D eigenvalue weighted by molar-refractivity contribution is 0.619. The molecule has 0 saturated heterocycles. The Bertz CT molecular complexity index is 1370. The zero-order valence-electron chi connectivity index (χ0n) is 13.2. The zero-order chi connectivity index (χ0) is 17.8. The molecule has 0 aliphatic carbocycles. The molecule has 0 unspecified atom stereocenters. The monoisotopic (exact) mass is 364 g/mol. The number of rotatable bonds is 1. The molecule has 0 spiro atoms. The second-order valence-corrected chi connectivity index (χ2v) is 6.27. The van der Waals surface area contributed by atoms with Crippen molar-refractivity contribution in [2.75, 3.05) is 0 Å². The first-order valence-electron chi connectivity index (χ1n) is 7.86. The van der Waals surface area contributed by atoms with Gasteiger partial charge in [0.2, 0.25) is 0 Å². The van der Waals surface area contributed by atoms with E-state index >= 15 is 0 Å². The van der Waals surface area contributed by atoms with Crippen LogP contribution in [0.15, 0.2) is 65.7 Å². The van der Waals surface area contributed by atoms with Gasteiger partial charge in [-0.05, 0) is 30.3 Å². The number of halogens is 2. The summed E-state index contributed by atoms with van der Waals surface area (Å²) in [6, 6.07) is 13.5. The van der Waals surface area contributed by atoms with E-state index in [1.54, 1.807) is 34.7 Å². The average molecular weight is 365 g/mol. The van der Waals surface area contributed by atoms with Crippen LogP contribution in [0.5, 0.6) is 0 Å². The van der Waals surface area contributed by atoms with E-state index in [4.69, 9.17) is 11.6 Å². The summed E-state index contributed by atoms with van der Waals surface area (Å²) >= 11 is 5.88. The van der Waals surface area contributed by atoms with Gasteiger partial charge in [0, 0.05) is 17.0 Å². The van der Waals surface area contributed by atoms with Crippen LogP contribution < -0.4 is 5.56 Å². The molecule has 0 bridgehead atoms. The molecule has 0 aliphatic rings. The van der Waals surface area contributed by atoms with E-state index in [9.17, 15) is 9.18 Å². The molecule has 0 saturated carbocycles. The maximum absolute atomic E-state index is 13.9. The Morgan fingerprint density at radius 2 is 1.81 bits per heavy atom. The van der Waals surface area contributed by atoms with E-state index in [1.807, 2.05) is 12.1 Å². The lowest BCUT2D eigenvalue weighted by Crippen LogP contribution is -2.20. The van der Waals surface area contributed by atoms with Gasteiger partial charge in [0.15, 0.2) is 5.65 Å². The summed E-state index contributed by atoms with van der Waals surface area (Å²) in [5, 5.41) is 1.57. The highest BCUT2D eigenvalue weighted by Crippen LogP contribution is 2.26. The molecule has 5 nitrogen and oxygen atoms in total. The SMILES string of the molecule is O=c1c2ccccc2c2nc3ccc(F)cn3c2n1-c1ccc(Cl)nc1. The molecule has 5 rings (SSSR count). The van der Waals surface area contributed by atoms with E-state index < -0.39 is 5.82 Å². The van der Waals surface area contributed by atoms with Crippen molar-refractivity contribution in [3.8, 4) is 5.69 Å². The maximum atomic E-state index is 13.9. The lowest BCUT2D eigenvalue weighted by atomic mass is 10.1. The Hall–Kier alpha value is -3.25. The third-order valence-electron chi connectivity index (χ3n) is 4.35. The minimum atomic E-state index is -0.418. The number of hydrogen-bond donors (Lipinski definition) is 0. The van der Waals surface area contributed by atoms with Gasteiger partial charge >= 0.3 is 0 Å². The lowest BCUT2D eigenvalue weighted by Gasteiger charge is -2.10. The number of nitrogens with zero attached hydrogens (tertiary/aromatic N) is 4. The summed E-state index contributed by atoms with van der Waals surface area (Å²) < 4.78 is 16.9. The maximum Gasteiger partial charge on any atom is 0.264 e. The van der Waals surface area contributed by atoms with E-state index in [0.717, 1.165) is 5.39 Å². The van der Waals surface area contributed by atoms with Crippen LogP contribution in [0.4, 0.5) is 4.39 Å². The van der Waals surface area contributed by atoms with Crippen LogP contribution in [0.2, 0.25) is 5.15 Å². The van der Waals surface area contributed by atoms with Crippen molar-refractivity contribution in [1.29, 1.82) is 0 Å². The van der Waals surface area contributed by atoms with Crippen molar-refractivity contribution in [3.63, 3.8) is 0 Å². The number of fused-ring (bicyclic) bond motifs is 5. The second-order valence-electron chi connectivity index (χ2n) is 5.88. The number of benzene rings is 1. The molecule has 0 aliphatic heterocycles. The van der Waals surface area contributed by atoms with Gasteiger partial charge in [-0.2, -0.15) is 0 Å². The molecule has 0 amide bonds. The fourth-order valence-electron chi connectivity index (χ4n) is 3.23. The van der Waals surface area contributed by atoms with Crippen molar-refractivity contribution in [3.05, 3.63) is 82.2 Å². The van der Waals surface area contributed by atoms with Gasteiger partial charge < -0.3 is 0 Å². The summed E-state index contributed by atoms with van der Waals surface area (Å²) in [4.78, 5) is 21.9. The number of imidazole rings is 1. The Labute approximate surface area is 150 Å². The molecule has 4 aromatic heterocycles. The number of aromatic nitrogens is 4. The number of pyridine rings is 3. The normalized spacial score (nSPS) is 11.6. The molecular formula is C19H10ClFN4O. The average Bonchev–Trinajstić information content (AvgIpc) is 3.02. The summed E-state index contributed by atoms with van der Waals surface area (Å²) in [5.41, 5.74) is 1.94. The van der Waals surface area contributed by atoms with Crippen molar-refractivity contribution in [2.45, 2.75) is 0 Å². The highest BCUT2D eigenvalue weighted by molar-refractivity contribution is 6.29. The van der Waals surface area contributed by atoms with Gasteiger partial charge in [0.05, 0.1) is 11.9 Å². The highest BCUT2D eigenvalue weighted by atomic mass is 35.5. The van der Waals surface area contributed by atoms with E-state index in [2.05, 4.69) is 9.97 Å². The van der Waals surface area contributed by atoms with Crippen LogP contribution in [0.25, 0.3) is 33.3 Å². The van der Waals surface area contributed by atoms with E-state index in [0.29, 0.717) is 33.0 Å². The summed E-state index contributed by atoms with van der Waals surface area (Å²) in [6.45, 7) is 0. The Morgan fingerprint density at radius 3 is 2.58 bits per heavy atom. The third kappa shape index (κ3) is 2.06. The smallest absolute Gasteiger partial charge is 0.264 e. The van der Waals surface area contributed by atoms with Crippen molar-refractivity contribution in [1.82, 2.24) is 18.9 Å². The van der Waals surface area contributed by atoms with Crippen molar-refractivity contribution >= 4 is 39.2 Å². The molecule has 126 valence electrons. The first kappa shape index (κ1) is 15.0. The van der Waals surface area contributed by atoms with Gasteiger partial charge in [-0.1, -0.05) is 29.8 Å². The molecule has 7 heteroatoms. The number of hydrogen-bond acceptors (Lipinski definition) is 3. The fraction of sp³-hybridized carbons (Fsp3) is 0. The first-order valence-corrected chi connectivity index (χ1v) is 8.24. The zero-order valence-corrected chi connectivity index (χ0v) is 14.0. The van der Waals surface area contributed by atoms with Crippen LogP contribution in [0, 0.1) is 5.82 Å². The molecule has 0 radical (unpaired) electrons. The van der Waals surface area contributed by atoms with Crippen molar-refractivity contribution in [2.24, 2.45) is 0 Å². The first-order chi connectivity index (χ1) is 12.6. The second kappa shape index (κ2) is 5.37. The van der Waals surface area contributed by atoms with Crippen LogP contribution >= 0.6 is 11.6 Å². The predicted molar refractivity (Wildman–Crippen MR) is 98.6 cm³/mol. The van der Waals surface area contributed by atoms with E-state index in [-0.39, 0.29) is 5.56 Å². The molecular weight excluding hydrogens is 355 g/mol. The minimum Gasteiger partial charge on any atom is -0.282 e. The molecule has 0 atom stereocenters. The molecule has 5 aromatic rings. The standard InChI is InChI=1S/C19H10ClFN4O/c20-15-7-6-12(9-22-15)25-18-17(13-3-1-2-4-14(13)19(25)26)23-16-8-5-11(21)10-24(16)18/h1-10H. The minimum absolute atomic E-state index is 0.233. The third-order valence-corrected chi connectivity index (χ3v) is 4.58. The van der Waals surface area contributed by atoms with Gasteiger partial charge in [-0.15, -0.1) is 0 Å². The van der Waals surface area contributed by atoms with Gasteiger partial charge in [-0.3, -0.25) is 13.8 Å². The Kier molecular flexibility index (Phi) is 3.11. The highest BCUT2D eigenvalue weighted by Gasteiger charge is 2.17. The van der Waals surface area contributed by atoms with Gasteiger partial charge in [-0.25, -0.2) is 14.4 Å². The largest absolute Gasteiger partial charge is 0.282 e. The molecule has 4 heterocycles. The topological polar surface area (TPSA) is 52.2 Å². The molecule has 0 N–H and O–H groups in total. The molecule has 0 fully saturated rings. The van der Waals surface area contributed by atoms with Crippen LogP contribution in [0.1, 0.15) is 0 Å². The predicted octanol–water partition coefficient (Wildman–Crippen LogP) is 3.98. The Morgan fingerprint density at radius 1 is 1.00 bits per heavy atom. The fourth-order valence-corrected chi connectivity index (χ4v) is 3.35. The molecule has 26 heavy (non-hydrogen) atoms.